The molecule has 0 saturated heterocycles. The fourth-order valence-corrected chi connectivity index (χ4v) is 5.27. The van der Waals surface area contributed by atoms with E-state index in [1.807, 2.05) is 97.1 Å². The zero-order valence-electron chi connectivity index (χ0n) is 22.9. The number of rotatable bonds is 8. The van der Waals surface area contributed by atoms with Gasteiger partial charge in [-0.3, -0.25) is 0 Å². The molecule has 0 bridgehead atoms. The minimum atomic E-state index is -1.15. The van der Waals surface area contributed by atoms with Crippen LogP contribution < -0.4 is 21.1 Å². The summed E-state index contributed by atoms with van der Waals surface area (Å²) in [7, 11) is 0. The Labute approximate surface area is 242 Å². The van der Waals surface area contributed by atoms with Gasteiger partial charge in [0, 0.05) is 23.2 Å². The highest BCUT2D eigenvalue weighted by molar-refractivity contribution is 6.30. The standard InChI is InChI=1S/C34H30N4O4/c35-17-15-27-21-37(31-19-25(11-13-29(27)31)23-7-3-1-4-8-23)41-33(39)34(40)42-38-22-28(16-18-36)30-14-12-26(20-32(30)38)24-9-5-2-6-10-24/h1-14,19-22H,15-18,35-36H2. The highest BCUT2D eigenvalue weighted by Crippen LogP contribution is 2.29. The van der Waals surface area contributed by atoms with Crippen LogP contribution in [0.5, 0.6) is 0 Å². The van der Waals surface area contributed by atoms with Crippen LogP contribution in [0.2, 0.25) is 0 Å². The fraction of sp³-hybridized carbons (Fsp3) is 0.118. The number of carbonyl (C=O) groups excluding carboxylic acids is 2. The van der Waals surface area contributed by atoms with Crippen molar-refractivity contribution in [2.24, 2.45) is 11.5 Å². The molecule has 6 rings (SSSR count). The molecule has 6 aromatic rings. The van der Waals surface area contributed by atoms with E-state index in [-0.39, 0.29) is 0 Å². The van der Waals surface area contributed by atoms with Gasteiger partial charge in [0.25, 0.3) is 0 Å². The Bertz CT molecular complexity index is 1750. The molecular formula is C34H30N4O4. The zero-order valence-corrected chi connectivity index (χ0v) is 22.9. The SMILES string of the molecule is NCCc1cn(OC(=O)C(=O)On2cc(CCN)c3ccc(-c4ccccc4)cc32)c2cc(-c3ccccc3)ccc12. The third kappa shape index (κ3) is 5.28. The first-order valence-electron chi connectivity index (χ1n) is 13.8. The monoisotopic (exact) mass is 558 g/mol. The number of hydrogen-bond donors (Lipinski definition) is 2. The van der Waals surface area contributed by atoms with Crippen LogP contribution in [-0.2, 0) is 22.4 Å². The zero-order chi connectivity index (χ0) is 29.1. The van der Waals surface area contributed by atoms with Crippen LogP contribution in [0.25, 0.3) is 44.1 Å². The second-order valence-electron chi connectivity index (χ2n) is 9.99. The molecular weight excluding hydrogens is 528 g/mol. The number of aromatic nitrogens is 2. The van der Waals surface area contributed by atoms with Gasteiger partial charge in [0.15, 0.2) is 0 Å². The Hall–Kier alpha value is -5.18. The number of carbonyl (C=O) groups is 2. The van der Waals surface area contributed by atoms with Gasteiger partial charge < -0.3 is 21.1 Å². The predicted octanol–water partition coefficient (Wildman–Crippen LogP) is 4.54. The van der Waals surface area contributed by atoms with Gasteiger partial charge in [-0.25, -0.2) is 9.59 Å². The van der Waals surface area contributed by atoms with E-state index in [1.165, 1.54) is 9.46 Å². The molecule has 0 aliphatic heterocycles. The maximum Gasteiger partial charge on any atom is 0.444 e. The van der Waals surface area contributed by atoms with E-state index in [4.69, 9.17) is 21.1 Å². The number of nitrogens with zero attached hydrogens (tertiary/aromatic N) is 2. The molecule has 8 heteroatoms. The summed E-state index contributed by atoms with van der Waals surface area (Å²) in [5.41, 5.74) is 18.7. The average Bonchev–Trinajstić information content (AvgIpc) is 3.54. The summed E-state index contributed by atoms with van der Waals surface area (Å²) < 4.78 is 2.63. The largest absolute Gasteiger partial charge is 0.444 e. The average molecular weight is 559 g/mol. The first-order chi connectivity index (χ1) is 20.6. The summed E-state index contributed by atoms with van der Waals surface area (Å²) >= 11 is 0. The number of nitrogens with two attached hydrogens (primary N) is 2. The molecule has 4 N–H and O–H groups in total. The van der Waals surface area contributed by atoms with Crippen molar-refractivity contribution in [3.05, 3.63) is 121 Å². The van der Waals surface area contributed by atoms with Crippen molar-refractivity contribution in [2.75, 3.05) is 13.1 Å². The lowest BCUT2D eigenvalue weighted by atomic mass is 10.0. The summed E-state index contributed by atoms with van der Waals surface area (Å²) in [4.78, 5) is 37.3. The van der Waals surface area contributed by atoms with Crippen LogP contribution in [0.3, 0.4) is 0 Å². The molecule has 8 nitrogen and oxygen atoms in total. The quantitative estimate of drug-likeness (QED) is 0.265. The van der Waals surface area contributed by atoms with Gasteiger partial charge in [-0.2, -0.15) is 9.46 Å². The van der Waals surface area contributed by atoms with Gasteiger partial charge in [0.2, 0.25) is 0 Å². The van der Waals surface area contributed by atoms with E-state index < -0.39 is 11.9 Å². The first-order valence-corrected chi connectivity index (χ1v) is 13.8. The van der Waals surface area contributed by atoms with E-state index in [1.54, 1.807) is 12.4 Å². The van der Waals surface area contributed by atoms with Crippen molar-refractivity contribution in [2.45, 2.75) is 12.8 Å². The van der Waals surface area contributed by atoms with Crippen LogP contribution in [0.1, 0.15) is 11.1 Å². The minimum absolute atomic E-state index is 0.423. The van der Waals surface area contributed by atoms with E-state index in [0.717, 1.165) is 44.2 Å². The number of fused-ring (bicyclic) bond motifs is 2. The molecule has 0 radical (unpaired) electrons. The van der Waals surface area contributed by atoms with E-state index >= 15 is 0 Å². The Morgan fingerprint density at radius 2 is 0.952 bits per heavy atom. The van der Waals surface area contributed by atoms with Crippen molar-refractivity contribution < 1.29 is 19.3 Å². The van der Waals surface area contributed by atoms with Gasteiger partial charge >= 0.3 is 11.9 Å². The molecule has 42 heavy (non-hydrogen) atoms. The maximum absolute atomic E-state index is 13.1. The maximum atomic E-state index is 13.1. The lowest BCUT2D eigenvalue weighted by molar-refractivity contribution is -0.167. The van der Waals surface area contributed by atoms with Crippen LogP contribution in [-0.4, -0.2) is 34.5 Å². The molecule has 0 unspecified atom stereocenters. The second kappa shape index (κ2) is 11.7. The molecule has 0 atom stereocenters. The number of benzene rings is 4. The molecule has 2 aromatic heterocycles. The van der Waals surface area contributed by atoms with Gasteiger partial charge in [0.1, 0.15) is 0 Å². The van der Waals surface area contributed by atoms with Gasteiger partial charge in [-0.15, -0.1) is 0 Å². The van der Waals surface area contributed by atoms with Crippen molar-refractivity contribution in [3.8, 4) is 22.3 Å². The Morgan fingerprint density at radius 3 is 1.33 bits per heavy atom. The summed E-state index contributed by atoms with van der Waals surface area (Å²) in [5.74, 6) is -2.31. The molecule has 0 saturated carbocycles. The highest BCUT2D eigenvalue weighted by Gasteiger charge is 2.24. The van der Waals surface area contributed by atoms with Gasteiger partial charge in [-0.05, 0) is 71.4 Å². The van der Waals surface area contributed by atoms with Crippen LogP contribution >= 0.6 is 0 Å². The molecule has 0 aliphatic rings. The van der Waals surface area contributed by atoms with Gasteiger partial charge in [0.05, 0.1) is 11.0 Å². The molecule has 210 valence electrons. The van der Waals surface area contributed by atoms with Crippen molar-refractivity contribution >= 4 is 33.7 Å². The van der Waals surface area contributed by atoms with Crippen LogP contribution in [0, 0.1) is 0 Å². The lowest BCUT2D eigenvalue weighted by Gasteiger charge is -2.09. The Kier molecular flexibility index (Phi) is 7.55. The predicted molar refractivity (Wildman–Crippen MR) is 163 cm³/mol. The van der Waals surface area contributed by atoms with Gasteiger partial charge in [-0.1, -0.05) is 84.9 Å². The molecule has 0 amide bonds. The van der Waals surface area contributed by atoms with E-state index in [9.17, 15) is 9.59 Å². The fourth-order valence-electron chi connectivity index (χ4n) is 5.27. The Morgan fingerprint density at radius 1 is 0.548 bits per heavy atom. The van der Waals surface area contributed by atoms with Crippen molar-refractivity contribution in [3.63, 3.8) is 0 Å². The molecule has 0 fully saturated rings. The highest BCUT2D eigenvalue weighted by atomic mass is 16.7. The molecule has 2 heterocycles. The summed E-state index contributed by atoms with van der Waals surface area (Å²) in [5, 5.41) is 1.77. The van der Waals surface area contributed by atoms with Crippen LogP contribution in [0.4, 0.5) is 0 Å². The topological polar surface area (TPSA) is 114 Å². The smallest absolute Gasteiger partial charge is 0.330 e. The van der Waals surface area contributed by atoms with Crippen molar-refractivity contribution in [1.82, 2.24) is 9.46 Å². The summed E-state index contributed by atoms with van der Waals surface area (Å²) in [6.45, 7) is 0.846. The normalized spacial score (nSPS) is 11.2. The van der Waals surface area contributed by atoms with Crippen LogP contribution in [0.15, 0.2) is 109 Å². The van der Waals surface area contributed by atoms with E-state index in [0.29, 0.717) is 37.0 Å². The summed E-state index contributed by atoms with van der Waals surface area (Å²) in [6.07, 6.45) is 4.54. The Balaban J connectivity index is 1.30. The lowest BCUT2D eigenvalue weighted by Crippen LogP contribution is -2.34. The van der Waals surface area contributed by atoms with Crippen molar-refractivity contribution in [1.29, 1.82) is 0 Å². The second-order valence-corrected chi connectivity index (χ2v) is 9.99. The molecule has 4 aromatic carbocycles. The molecule has 0 aliphatic carbocycles. The number of hydrogen-bond acceptors (Lipinski definition) is 6. The summed E-state index contributed by atoms with van der Waals surface area (Å²) in [6, 6.07) is 31.6. The third-order valence-electron chi connectivity index (χ3n) is 7.28. The van der Waals surface area contributed by atoms with E-state index in [2.05, 4.69) is 0 Å². The first kappa shape index (κ1) is 27.0. The minimum Gasteiger partial charge on any atom is -0.330 e. The third-order valence-corrected chi connectivity index (χ3v) is 7.28. The molecule has 0 spiro atoms.